The Hall–Kier alpha value is -3.95. The molecular formula is C18H16N8O2. The van der Waals surface area contributed by atoms with Crippen LogP contribution in [0.5, 0.6) is 0 Å². The molecule has 10 nitrogen and oxygen atoms in total. The zero-order valence-electron chi connectivity index (χ0n) is 14.8. The van der Waals surface area contributed by atoms with E-state index >= 15 is 0 Å². The number of nitrogens with zero attached hydrogens (tertiary/aromatic N) is 7. The molecule has 1 amide bonds. The van der Waals surface area contributed by atoms with Crippen LogP contribution in [0.3, 0.4) is 0 Å². The lowest BCUT2D eigenvalue weighted by atomic mass is 10.2. The van der Waals surface area contributed by atoms with Crippen LogP contribution in [0.25, 0.3) is 17.1 Å². The number of carbonyl (C=O) groups excluding carboxylic acids is 1. The molecule has 0 atom stereocenters. The molecule has 0 fully saturated rings. The largest absolute Gasteiger partial charge is 0.349 e. The first-order valence-corrected chi connectivity index (χ1v) is 8.62. The van der Waals surface area contributed by atoms with Crippen LogP contribution in [0.1, 0.15) is 18.1 Å². The van der Waals surface area contributed by atoms with Crippen LogP contribution in [-0.2, 0) is 17.8 Å². The summed E-state index contributed by atoms with van der Waals surface area (Å²) in [5, 5.41) is 18.3. The number of pyridine rings is 1. The molecule has 0 saturated carbocycles. The van der Waals surface area contributed by atoms with Crippen molar-refractivity contribution in [2.45, 2.75) is 19.4 Å². The molecule has 0 spiro atoms. The normalized spacial score (nSPS) is 10.7. The maximum Gasteiger partial charge on any atom is 0.227 e. The Kier molecular flexibility index (Phi) is 5.09. The van der Waals surface area contributed by atoms with Gasteiger partial charge in [-0.25, -0.2) is 0 Å². The Morgan fingerprint density at radius 1 is 1.14 bits per heavy atom. The summed E-state index contributed by atoms with van der Waals surface area (Å²) in [4.78, 5) is 20.4. The van der Waals surface area contributed by atoms with Crippen molar-refractivity contribution in [2.24, 2.45) is 0 Å². The first-order chi connectivity index (χ1) is 13.8. The van der Waals surface area contributed by atoms with Crippen LogP contribution in [-0.4, -0.2) is 41.2 Å². The number of nitrogens with one attached hydrogen (secondary N) is 1. The second-order valence-electron chi connectivity index (χ2n) is 5.87. The summed E-state index contributed by atoms with van der Waals surface area (Å²) < 4.78 is 6.77. The molecule has 0 aliphatic rings. The number of hydrogen-bond donors (Lipinski definition) is 1. The third kappa shape index (κ3) is 4.06. The quantitative estimate of drug-likeness (QED) is 0.512. The molecule has 3 heterocycles. The Morgan fingerprint density at radius 2 is 2.04 bits per heavy atom. The van der Waals surface area contributed by atoms with E-state index in [9.17, 15) is 4.79 Å². The van der Waals surface area contributed by atoms with Crippen molar-refractivity contribution in [3.63, 3.8) is 0 Å². The van der Waals surface area contributed by atoms with Crippen LogP contribution < -0.4 is 5.32 Å². The predicted octanol–water partition coefficient (Wildman–Crippen LogP) is 1.36. The van der Waals surface area contributed by atoms with Crippen molar-refractivity contribution in [1.29, 1.82) is 0 Å². The van der Waals surface area contributed by atoms with Gasteiger partial charge in [-0.15, -0.1) is 5.10 Å². The number of rotatable bonds is 7. The standard InChI is InChI=1S/C18H16N8O2/c27-16(8-9-17-21-18(23-28-17)13-5-4-10-19-11-13)20-12-15-22-24-25-26(15)14-6-2-1-3-7-14/h1-7,10-11H,8-9,12H2,(H,20,27). The molecule has 0 saturated heterocycles. The number of amides is 1. The highest BCUT2D eigenvalue weighted by atomic mass is 16.5. The molecule has 3 aromatic heterocycles. The van der Waals surface area contributed by atoms with Gasteiger partial charge in [0.05, 0.1) is 12.2 Å². The van der Waals surface area contributed by atoms with Gasteiger partial charge in [0, 0.05) is 30.8 Å². The third-order valence-electron chi connectivity index (χ3n) is 3.93. The molecule has 10 heteroatoms. The zero-order chi connectivity index (χ0) is 19.2. The molecule has 140 valence electrons. The molecule has 0 bridgehead atoms. The van der Waals surface area contributed by atoms with Crippen LogP contribution in [0.15, 0.2) is 59.4 Å². The van der Waals surface area contributed by atoms with E-state index in [1.165, 1.54) is 0 Å². The smallest absolute Gasteiger partial charge is 0.227 e. The maximum absolute atomic E-state index is 12.1. The number of aryl methyl sites for hydroxylation is 1. The second kappa shape index (κ2) is 8.16. The lowest BCUT2D eigenvalue weighted by molar-refractivity contribution is -0.121. The Labute approximate surface area is 159 Å². The summed E-state index contributed by atoms with van der Waals surface area (Å²) in [7, 11) is 0. The molecule has 0 aliphatic heterocycles. The predicted molar refractivity (Wildman–Crippen MR) is 96.9 cm³/mol. The molecule has 4 aromatic rings. The molecule has 28 heavy (non-hydrogen) atoms. The fraction of sp³-hybridized carbons (Fsp3) is 0.167. The van der Waals surface area contributed by atoms with Crippen molar-refractivity contribution >= 4 is 5.91 Å². The van der Waals surface area contributed by atoms with Crippen molar-refractivity contribution in [3.8, 4) is 17.1 Å². The lowest BCUT2D eigenvalue weighted by Gasteiger charge is -2.05. The monoisotopic (exact) mass is 376 g/mol. The molecule has 0 radical (unpaired) electrons. The third-order valence-corrected chi connectivity index (χ3v) is 3.93. The highest BCUT2D eigenvalue weighted by molar-refractivity contribution is 5.75. The molecule has 1 aromatic carbocycles. The Bertz CT molecular complexity index is 1050. The van der Waals surface area contributed by atoms with Crippen molar-refractivity contribution in [1.82, 2.24) is 40.6 Å². The van der Waals surface area contributed by atoms with E-state index in [4.69, 9.17) is 4.52 Å². The van der Waals surface area contributed by atoms with Crippen molar-refractivity contribution in [3.05, 3.63) is 66.6 Å². The number of aromatic nitrogens is 7. The minimum Gasteiger partial charge on any atom is -0.349 e. The van der Waals surface area contributed by atoms with Crippen LogP contribution in [0, 0.1) is 0 Å². The molecule has 1 N–H and O–H groups in total. The first-order valence-electron chi connectivity index (χ1n) is 8.62. The minimum absolute atomic E-state index is 0.163. The average Bonchev–Trinajstić information content (AvgIpc) is 3.41. The number of carbonyl (C=O) groups is 1. The molecule has 4 rings (SSSR count). The summed E-state index contributed by atoms with van der Waals surface area (Å²) >= 11 is 0. The van der Waals surface area contributed by atoms with Gasteiger partial charge in [0.15, 0.2) is 5.82 Å². The summed E-state index contributed by atoms with van der Waals surface area (Å²) in [6.07, 6.45) is 3.87. The van der Waals surface area contributed by atoms with Gasteiger partial charge in [-0.2, -0.15) is 9.67 Å². The van der Waals surface area contributed by atoms with E-state index < -0.39 is 0 Å². The van der Waals surface area contributed by atoms with E-state index in [2.05, 4.69) is 36.0 Å². The molecule has 0 aliphatic carbocycles. The van der Waals surface area contributed by atoms with E-state index in [1.807, 2.05) is 36.4 Å². The molecular weight excluding hydrogens is 360 g/mol. The Morgan fingerprint density at radius 3 is 2.86 bits per heavy atom. The van der Waals surface area contributed by atoms with E-state index in [1.54, 1.807) is 23.1 Å². The van der Waals surface area contributed by atoms with Gasteiger partial charge in [-0.1, -0.05) is 23.4 Å². The zero-order valence-corrected chi connectivity index (χ0v) is 14.8. The van der Waals surface area contributed by atoms with E-state index in [-0.39, 0.29) is 18.9 Å². The second-order valence-corrected chi connectivity index (χ2v) is 5.87. The SMILES string of the molecule is O=C(CCc1nc(-c2cccnc2)no1)NCc1nnnn1-c1ccccc1. The van der Waals surface area contributed by atoms with Gasteiger partial charge in [0.25, 0.3) is 0 Å². The van der Waals surface area contributed by atoms with Crippen molar-refractivity contribution in [2.75, 3.05) is 0 Å². The summed E-state index contributed by atoms with van der Waals surface area (Å²) in [5.74, 6) is 1.22. The highest BCUT2D eigenvalue weighted by Gasteiger charge is 2.12. The number of para-hydroxylation sites is 1. The van der Waals surface area contributed by atoms with Crippen LogP contribution >= 0.6 is 0 Å². The van der Waals surface area contributed by atoms with Gasteiger partial charge >= 0.3 is 0 Å². The van der Waals surface area contributed by atoms with Gasteiger partial charge < -0.3 is 9.84 Å². The minimum atomic E-state index is -0.163. The van der Waals surface area contributed by atoms with Crippen molar-refractivity contribution < 1.29 is 9.32 Å². The number of tetrazole rings is 1. The van der Waals surface area contributed by atoms with E-state index in [0.29, 0.717) is 24.0 Å². The molecule has 0 unspecified atom stereocenters. The van der Waals surface area contributed by atoms with Gasteiger partial charge in [-0.05, 0) is 34.7 Å². The fourth-order valence-corrected chi connectivity index (χ4v) is 2.54. The lowest BCUT2D eigenvalue weighted by Crippen LogP contribution is -2.25. The van der Waals surface area contributed by atoms with Gasteiger partial charge in [0.2, 0.25) is 17.6 Å². The fourth-order valence-electron chi connectivity index (χ4n) is 2.54. The Balaban J connectivity index is 1.30. The summed E-state index contributed by atoms with van der Waals surface area (Å²) in [5.41, 5.74) is 1.58. The maximum atomic E-state index is 12.1. The van der Waals surface area contributed by atoms with Crippen LogP contribution in [0.4, 0.5) is 0 Å². The highest BCUT2D eigenvalue weighted by Crippen LogP contribution is 2.14. The van der Waals surface area contributed by atoms with Gasteiger partial charge in [-0.3, -0.25) is 9.78 Å². The number of hydrogen-bond acceptors (Lipinski definition) is 8. The van der Waals surface area contributed by atoms with Gasteiger partial charge in [0.1, 0.15) is 0 Å². The number of benzene rings is 1. The average molecular weight is 376 g/mol. The van der Waals surface area contributed by atoms with Crippen LogP contribution in [0.2, 0.25) is 0 Å². The summed E-state index contributed by atoms with van der Waals surface area (Å²) in [6, 6.07) is 13.1. The first kappa shape index (κ1) is 17.5. The topological polar surface area (TPSA) is 125 Å². The summed E-state index contributed by atoms with van der Waals surface area (Å²) in [6.45, 7) is 0.214. The van der Waals surface area contributed by atoms with E-state index in [0.717, 1.165) is 11.3 Å².